The number of fused-ring (bicyclic) bond motifs is 4. The third-order valence-electron chi connectivity index (χ3n) is 5.95. The summed E-state index contributed by atoms with van der Waals surface area (Å²) >= 11 is 3.64. The normalized spacial score (nSPS) is 12.1. The zero-order valence-corrected chi connectivity index (χ0v) is 21.7. The van der Waals surface area contributed by atoms with Gasteiger partial charge in [-0.1, -0.05) is 65.9 Å². The SMILES string of the molecule is COc1cc(/C=c2/sc3nc4ccccc4n3c2=O)cc(I)c1OCc1cccc2ccccc12. The molecular weight excluding hydrogens is 571 g/mol. The fraction of sp³-hybridized carbons (Fsp3) is 0.0714. The molecule has 172 valence electrons. The van der Waals surface area contributed by atoms with Crippen molar-refractivity contribution in [3.8, 4) is 11.5 Å². The van der Waals surface area contributed by atoms with Crippen molar-refractivity contribution in [3.63, 3.8) is 0 Å². The topological polar surface area (TPSA) is 52.8 Å². The Kier molecular flexibility index (Phi) is 5.66. The lowest BCUT2D eigenvalue weighted by molar-refractivity contribution is 0.283. The van der Waals surface area contributed by atoms with Gasteiger partial charge >= 0.3 is 0 Å². The summed E-state index contributed by atoms with van der Waals surface area (Å²) in [6, 6.07) is 26.1. The van der Waals surface area contributed by atoms with Gasteiger partial charge in [-0.3, -0.25) is 4.79 Å². The van der Waals surface area contributed by atoms with Crippen LogP contribution in [-0.4, -0.2) is 16.5 Å². The third kappa shape index (κ3) is 3.94. The maximum absolute atomic E-state index is 13.1. The van der Waals surface area contributed by atoms with Crippen LogP contribution in [0, 0.1) is 3.57 Å². The van der Waals surface area contributed by atoms with Crippen molar-refractivity contribution in [1.82, 2.24) is 9.38 Å². The Morgan fingerprint density at radius 2 is 1.83 bits per heavy atom. The van der Waals surface area contributed by atoms with Crippen LogP contribution in [0.3, 0.4) is 0 Å². The van der Waals surface area contributed by atoms with Crippen LogP contribution >= 0.6 is 33.9 Å². The first-order chi connectivity index (χ1) is 17.1. The number of methoxy groups -OCH3 is 1. The fourth-order valence-electron chi connectivity index (χ4n) is 4.29. The van der Waals surface area contributed by atoms with Gasteiger partial charge in [0.15, 0.2) is 16.5 Å². The number of ether oxygens (including phenoxy) is 2. The number of nitrogens with zero attached hydrogens (tertiary/aromatic N) is 2. The van der Waals surface area contributed by atoms with Gasteiger partial charge in [-0.25, -0.2) is 9.38 Å². The van der Waals surface area contributed by atoms with Gasteiger partial charge in [-0.2, -0.15) is 0 Å². The van der Waals surface area contributed by atoms with Crippen molar-refractivity contribution in [2.45, 2.75) is 6.61 Å². The van der Waals surface area contributed by atoms with Crippen molar-refractivity contribution in [3.05, 3.63) is 108 Å². The first-order valence-electron chi connectivity index (χ1n) is 11.0. The number of para-hydroxylation sites is 2. The van der Waals surface area contributed by atoms with Gasteiger partial charge < -0.3 is 9.47 Å². The van der Waals surface area contributed by atoms with E-state index in [0.29, 0.717) is 27.6 Å². The second-order valence-electron chi connectivity index (χ2n) is 8.10. The number of benzene rings is 4. The van der Waals surface area contributed by atoms with E-state index in [-0.39, 0.29) is 5.56 Å². The molecule has 0 spiro atoms. The second kappa shape index (κ2) is 8.98. The van der Waals surface area contributed by atoms with E-state index in [1.54, 1.807) is 11.5 Å². The van der Waals surface area contributed by atoms with Crippen molar-refractivity contribution in [2.24, 2.45) is 0 Å². The first-order valence-corrected chi connectivity index (χ1v) is 12.9. The summed E-state index contributed by atoms with van der Waals surface area (Å²) in [6.07, 6.45) is 1.88. The molecule has 2 heterocycles. The maximum atomic E-state index is 13.1. The van der Waals surface area contributed by atoms with E-state index in [1.807, 2.05) is 60.7 Å². The fourth-order valence-corrected chi connectivity index (χ4v) is 6.06. The Morgan fingerprint density at radius 1 is 1.03 bits per heavy atom. The molecule has 7 heteroatoms. The minimum atomic E-state index is -0.0658. The Morgan fingerprint density at radius 3 is 2.71 bits per heavy atom. The number of hydrogen-bond acceptors (Lipinski definition) is 5. The second-order valence-corrected chi connectivity index (χ2v) is 10.3. The summed E-state index contributed by atoms with van der Waals surface area (Å²) in [6.45, 7) is 0.427. The largest absolute Gasteiger partial charge is 0.493 e. The number of imidazole rings is 1. The number of halogens is 1. The molecule has 0 fully saturated rings. The van der Waals surface area contributed by atoms with E-state index in [9.17, 15) is 4.79 Å². The molecule has 0 unspecified atom stereocenters. The van der Waals surface area contributed by atoms with Crippen LogP contribution in [0.15, 0.2) is 83.7 Å². The minimum Gasteiger partial charge on any atom is -0.493 e. The summed E-state index contributed by atoms with van der Waals surface area (Å²) in [5, 5.41) is 2.36. The molecule has 35 heavy (non-hydrogen) atoms. The van der Waals surface area contributed by atoms with E-state index in [0.717, 1.165) is 25.7 Å². The van der Waals surface area contributed by atoms with Gasteiger partial charge in [0.25, 0.3) is 5.56 Å². The number of thiazole rings is 1. The van der Waals surface area contributed by atoms with Crippen molar-refractivity contribution in [2.75, 3.05) is 7.11 Å². The number of aromatic nitrogens is 2. The molecule has 0 amide bonds. The number of rotatable bonds is 5. The molecule has 0 saturated heterocycles. The lowest BCUT2D eigenvalue weighted by Crippen LogP contribution is -2.22. The van der Waals surface area contributed by atoms with Gasteiger partial charge in [0.05, 0.1) is 26.2 Å². The quantitative estimate of drug-likeness (QED) is 0.238. The molecule has 0 atom stereocenters. The van der Waals surface area contributed by atoms with Crippen LogP contribution < -0.4 is 19.6 Å². The summed E-state index contributed by atoms with van der Waals surface area (Å²) in [5.74, 6) is 1.31. The van der Waals surface area contributed by atoms with E-state index < -0.39 is 0 Å². The summed E-state index contributed by atoms with van der Waals surface area (Å²) in [7, 11) is 1.63. The Hall–Kier alpha value is -3.43. The minimum absolute atomic E-state index is 0.0658. The maximum Gasteiger partial charge on any atom is 0.274 e. The van der Waals surface area contributed by atoms with Crippen molar-refractivity contribution < 1.29 is 9.47 Å². The first kappa shape index (κ1) is 22.1. The molecule has 0 aliphatic carbocycles. The van der Waals surface area contributed by atoms with E-state index >= 15 is 0 Å². The molecule has 0 saturated carbocycles. The predicted molar refractivity (Wildman–Crippen MR) is 150 cm³/mol. The molecule has 0 aliphatic rings. The molecule has 6 rings (SSSR count). The molecule has 5 nitrogen and oxygen atoms in total. The molecule has 0 bridgehead atoms. The Bertz CT molecular complexity index is 1840. The van der Waals surface area contributed by atoms with Gasteiger partial charge in [-0.15, -0.1) is 0 Å². The van der Waals surface area contributed by atoms with Crippen molar-refractivity contribution >= 4 is 66.8 Å². The molecule has 0 radical (unpaired) electrons. The van der Waals surface area contributed by atoms with Crippen LogP contribution in [0.5, 0.6) is 11.5 Å². The molecule has 6 aromatic rings. The average Bonchev–Trinajstić information content (AvgIpc) is 3.39. The summed E-state index contributed by atoms with van der Waals surface area (Å²) < 4.78 is 15.1. The lowest BCUT2D eigenvalue weighted by Gasteiger charge is -2.14. The van der Waals surface area contributed by atoms with Crippen molar-refractivity contribution in [1.29, 1.82) is 0 Å². The van der Waals surface area contributed by atoms with Gasteiger partial charge in [0, 0.05) is 0 Å². The van der Waals surface area contributed by atoms with Gasteiger partial charge in [0.1, 0.15) is 6.61 Å². The van der Waals surface area contributed by atoms with E-state index in [4.69, 9.17) is 9.47 Å². The standard InChI is InChI=1S/C28H19IN2O3S/c1-33-24-14-17(15-25-27(32)31-23-12-5-4-11-22(23)30-28(31)35-25)13-21(29)26(24)34-16-19-9-6-8-18-7-2-3-10-20(18)19/h2-15H,16H2,1H3/b25-15+. The highest BCUT2D eigenvalue weighted by atomic mass is 127. The molecule has 0 N–H and O–H groups in total. The molecule has 2 aromatic heterocycles. The van der Waals surface area contributed by atoms with Crippen LogP contribution in [0.25, 0.3) is 32.8 Å². The summed E-state index contributed by atoms with van der Waals surface area (Å²) in [4.78, 5) is 18.4. The van der Waals surface area contributed by atoms with Crippen LogP contribution in [0.2, 0.25) is 0 Å². The summed E-state index contributed by atoms with van der Waals surface area (Å²) in [5.41, 5.74) is 3.57. The van der Waals surface area contributed by atoms with Crippen LogP contribution in [0.4, 0.5) is 0 Å². The smallest absolute Gasteiger partial charge is 0.274 e. The van der Waals surface area contributed by atoms with Gasteiger partial charge in [-0.05, 0) is 74.8 Å². The average molecular weight is 590 g/mol. The van der Waals surface area contributed by atoms with E-state index in [2.05, 4.69) is 51.8 Å². The lowest BCUT2D eigenvalue weighted by atomic mass is 10.1. The van der Waals surface area contributed by atoms with Crippen LogP contribution in [0.1, 0.15) is 11.1 Å². The highest BCUT2D eigenvalue weighted by molar-refractivity contribution is 14.1. The molecule has 4 aromatic carbocycles. The van der Waals surface area contributed by atoms with Crippen LogP contribution in [-0.2, 0) is 6.61 Å². The Balaban J connectivity index is 1.36. The Labute approximate surface area is 218 Å². The highest BCUT2D eigenvalue weighted by Gasteiger charge is 2.14. The number of hydrogen-bond donors (Lipinski definition) is 0. The highest BCUT2D eigenvalue weighted by Crippen LogP contribution is 2.35. The molecule has 0 aliphatic heterocycles. The van der Waals surface area contributed by atoms with Gasteiger partial charge in [0.2, 0.25) is 0 Å². The zero-order valence-electron chi connectivity index (χ0n) is 18.7. The zero-order chi connectivity index (χ0) is 23.9. The van der Waals surface area contributed by atoms with E-state index in [1.165, 1.54) is 22.1 Å². The predicted octanol–water partition coefficient (Wildman–Crippen LogP) is 5.80. The molecular formula is C28H19IN2O3S. The third-order valence-corrected chi connectivity index (χ3v) is 7.72. The monoisotopic (exact) mass is 590 g/mol.